The molecule has 3 heterocycles. The Morgan fingerprint density at radius 2 is 2.00 bits per heavy atom. The fourth-order valence-electron chi connectivity index (χ4n) is 3.86. The van der Waals surface area contributed by atoms with Crippen LogP contribution in [0.2, 0.25) is 5.02 Å². The van der Waals surface area contributed by atoms with E-state index in [1.807, 2.05) is 0 Å². The number of aryl methyl sites for hydroxylation is 1. The first kappa shape index (κ1) is 26.1. The van der Waals surface area contributed by atoms with Crippen molar-refractivity contribution in [3.8, 4) is 11.4 Å². The summed E-state index contributed by atoms with van der Waals surface area (Å²) in [5.74, 6) is -0.694. The van der Waals surface area contributed by atoms with Gasteiger partial charge >= 0.3 is 6.18 Å². The second-order valence-electron chi connectivity index (χ2n) is 8.33. The van der Waals surface area contributed by atoms with Crippen LogP contribution in [-0.4, -0.2) is 30.8 Å². The summed E-state index contributed by atoms with van der Waals surface area (Å²) in [6, 6.07) is 3.71. The fourth-order valence-corrected chi connectivity index (χ4v) is 3.95. The molecule has 4 rings (SSSR count). The number of alkyl halides is 3. The second-order valence-corrected chi connectivity index (χ2v) is 8.74. The maximum Gasteiger partial charge on any atom is 0.423 e. The van der Waals surface area contributed by atoms with E-state index in [-0.39, 0.29) is 34.2 Å². The minimum absolute atomic E-state index is 0.00439. The van der Waals surface area contributed by atoms with Crippen LogP contribution in [0.25, 0.3) is 22.2 Å². The lowest BCUT2D eigenvalue weighted by Crippen LogP contribution is -2.27. The molecule has 4 N–H and O–H groups in total. The van der Waals surface area contributed by atoms with Gasteiger partial charge in [-0.05, 0) is 43.4 Å². The van der Waals surface area contributed by atoms with Crippen molar-refractivity contribution in [3.63, 3.8) is 0 Å². The van der Waals surface area contributed by atoms with Gasteiger partial charge in [0.05, 0.1) is 29.0 Å². The first-order chi connectivity index (χ1) is 17.5. The van der Waals surface area contributed by atoms with Gasteiger partial charge in [0.2, 0.25) is 0 Å². The topological polar surface area (TPSA) is 132 Å². The summed E-state index contributed by atoms with van der Waals surface area (Å²) in [4.78, 5) is 32.5. The second kappa shape index (κ2) is 10.2. The first-order valence-electron chi connectivity index (χ1n) is 11.0. The Bertz CT molecular complexity index is 1590. The van der Waals surface area contributed by atoms with Crippen molar-refractivity contribution in [2.75, 3.05) is 11.1 Å². The Morgan fingerprint density at radius 3 is 2.70 bits per heavy atom. The largest absolute Gasteiger partial charge is 0.423 e. The van der Waals surface area contributed by atoms with Crippen molar-refractivity contribution in [3.05, 3.63) is 73.9 Å². The van der Waals surface area contributed by atoms with Crippen LogP contribution in [0.15, 0.2) is 46.4 Å². The number of hydrogen-bond acceptors (Lipinski definition) is 7. The van der Waals surface area contributed by atoms with Crippen LogP contribution >= 0.6 is 11.6 Å². The smallest absolute Gasteiger partial charge is 0.382 e. The Kier molecular flexibility index (Phi) is 7.16. The summed E-state index contributed by atoms with van der Waals surface area (Å²) in [6.07, 6.45) is -0.358. The Hall–Kier alpha value is -4.00. The molecule has 0 spiro atoms. The monoisotopic (exact) mass is 537 g/mol. The number of nitrogens with one attached hydrogen (secondary N) is 2. The molecule has 0 saturated carbocycles. The zero-order valence-electron chi connectivity index (χ0n) is 19.2. The molecule has 37 heavy (non-hydrogen) atoms. The molecule has 1 atom stereocenters. The van der Waals surface area contributed by atoms with Crippen molar-refractivity contribution >= 4 is 33.9 Å². The average Bonchev–Trinajstić information content (AvgIpc) is 2.81. The van der Waals surface area contributed by atoms with E-state index in [4.69, 9.17) is 17.3 Å². The molecule has 3 aromatic heterocycles. The summed E-state index contributed by atoms with van der Waals surface area (Å²) in [7, 11) is 0. The van der Waals surface area contributed by atoms with Crippen molar-refractivity contribution < 1.29 is 17.6 Å². The number of anilines is 2. The number of fused-ring (bicyclic) bond motifs is 1. The highest BCUT2D eigenvalue weighted by Gasteiger charge is 2.37. The molecule has 0 amide bonds. The van der Waals surface area contributed by atoms with Gasteiger partial charge in [-0.25, -0.2) is 19.5 Å². The van der Waals surface area contributed by atoms with E-state index in [0.717, 1.165) is 12.3 Å². The molecule has 0 aliphatic rings. The van der Waals surface area contributed by atoms with Crippen LogP contribution < -0.4 is 22.2 Å². The standard InChI is InChI=1S/C23H20ClF4N7O2/c1-11(32-17-10-31-34-21(36)18(17)23(26,27)28)3-2-5-35-6-4-12-7-14(16(25)8-13(12)22(35)37)20-30-9-15(24)19(29)33-20/h4,6-11H,2-3,5H2,1H3,(H2,29,30,33)(H2,32,34,36)/t11-/m0/s1. The number of rotatable bonds is 7. The minimum atomic E-state index is -4.85. The quantitative estimate of drug-likeness (QED) is 0.301. The zero-order chi connectivity index (χ0) is 26.9. The lowest BCUT2D eigenvalue weighted by Gasteiger charge is -2.18. The summed E-state index contributed by atoms with van der Waals surface area (Å²) >= 11 is 5.82. The third kappa shape index (κ3) is 5.56. The van der Waals surface area contributed by atoms with Crippen LogP contribution in [0.5, 0.6) is 0 Å². The summed E-state index contributed by atoms with van der Waals surface area (Å²) in [6.45, 7) is 1.88. The van der Waals surface area contributed by atoms with Crippen LogP contribution in [0.1, 0.15) is 25.3 Å². The van der Waals surface area contributed by atoms with E-state index < -0.39 is 40.4 Å². The van der Waals surface area contributed by atoms with Crippen LogP contribution in [0.4, 0.5) is 29.1 Å². The van der Waals surface area contributed by atoms with Crippen LogP contribution in [0, 0.1) is 5.82 Å². The molecule has 14 heteroatoms. The van der Waals surface area contributed by atoms with Gasteiger partial charge in [-0.2, -0.15) is 18.3 Å². The third-order valence-electron chi connectivity index (χ3n) is 5.65. The van der Waals surface area contributed by atoms with Gasteiger partial charge in [0, 0.05) is 18.8 Å². The molecule has 0 saturated heterocycles. The van der Waals surface area contributed by atoms with Crippen LogP contribution in [0.3, 0.4) is 0 Å². The maximum absolute atomic E-state index is 14.8. The number of nitrogens with zero attached hydrogens (tertiary/aromatic N) is 4. The van der Waals surface area contributed by atoms with Crippen molar-refractivity contribution in [2.24, 2.45) is 0 Å². The minimum Gasteiger partial charge on any atom is -0.382 e. The van der Waals surface area contributed by atoms with Crippen molar-refractivity contribution in [1.29, 1.82) is 0 Å². The molecule has 0 radical (unpaired) electrons. The van der Waals surface area contributed by atoms with E-state index in [1.54, 1.807) is 24.3 Å². The number of benzene rings is 1. The van der Waals surface area contributed by atoms with Crippen molar-refractivity contribution in [2.45, 2.75) is 38.5 Å². The third-order valence-corrected chi connectivity index (χ3v) is 5.95. The fraction of sp³-hybridized carbons (Fsp3) is 0.261. The Balaban J connectivity index is 1.48. The molecule has 0 bridgehead atoms. The molecular weight excluding hydrogens is 518 g/mol. The zero-order valence-corrected chi connectivity index (χ0v) is 20.0. The van der Waals surface area contributed by atoms with Gasteiger partial charge in [-0.1, -0.05) is 11.6 Å². The number of nitrogen functional groups attached to an aromatic ring is 1. The highest BCUT2D eigenvalue weighted by molar-refractivity contribution is 6.32. The van der Waals surface area contributed by atoms with Gasteiger partial charge in [0.1, 0.15) is 22.2 Å². The normalized spacial score (nSPS) is 12.6. The molecule has 1 aromatic carbocycles. The molecule has 194 valence electrons. The average molecular weight is 538 g/mol. The molecule has 9 nitrogen and oxygen atoms in total. The van der Waals surface area contributed by atoms with Gasteiger partial charge in [0.25, 0.3) is 11.1 Å². The molecule has 0 fully saturated rings. The van der Waals surface area contributed by atoms with Crippen molar-refractivity contribution in [1.82, 2.24) is 24.7 Å². The number of aromatic nitrogens is 5. The number of pyridine rings is 1. The lowest BCUT2D eigenvalue weighted by atomic mass is 10.1. The van der Waals surface area contributed by atoms with E-state index in [9.17, 15) is 27.2 Å². The molecule has 0 unspecified atom stereocenters. The predicted molar refractivity (Wildman–Crippen MR) is 131 cm³/mol. The summed E-state index contributed by atoms with van der Waals surface area (Å²) in [5, 5.41) is 8.60. The highest BCUT2D eigenvalue weighted by atomic mass is 35.5. The van der Waals surface area contributed by atoms with E-state index in [1.165, 1.54) is 16.8 Å². The lowest BCUT2D eigenvalue weighted by molar-refractivity contribution is -0.138. The molecular formula is C23H20ClF4N7O2. The maximum atomic E-state index is 14.8. The summed E-state index contributed by atoms with van der Waals surface area (Å²) < 4.78 is 55.9. The van der Waals surface area contributed by atoms with E-state index >= 15 is 0 Å². The van der Waals surface area contributed by atoms with E-state index in [0.29, 0.717) is 18.2 Å². The predicted octanol–water partition coefficient (Wildman–Crippen LogP) is 4.22. The SMILES string of the molecule is C[C@@H](CCCn1ccc2cc(-c3ncc(Cl)c(N)n3)c(F)cc2c1=O)Nc1cn[nH]c(=O)c1C(F)(F)F. The van der Waals surface area contributed by atoms with Crippen LogP contribution in [-0.2, 0) is 12.7 Å². The number of halogens is 5. The highest BCUT2D eigenvalue weighted by Crippen LogP contribution is 2.32. The van der Waals surface area contributed by atoms with E-state index in [2.05, 4.69) is 20.4 Å². The first-order valence-corrected chi connectivity index (χ1v) is 11.4. The number of hydrogen-bond donors (Lipinski definition) is 3. The molecule has 0 aliphatic carbocycles. The van der Waals surface area contributed by atoms with Gasteiger partial charge in [0.15, 0.2) is 5.82 Å². The van der Waals surface area contributed by atoms with Gasteiger partial charge in [-0.15, -0.1) is 0 Å². The molecule has 4 aromatic rings. The number of aromatic amines is 1. The summed E-state index contributed by atoms with van der Waals surface area (Å²) in [5.41, 5.74) is 2.18. The number of nitrogens with two attached hydrogens (primary N) is 1. The Morgan fingerprint density at radius 1 is 1.24 bits per heavy atom. The van der Waals surface area contributed by atoms with Gasteiger partial charge in [-0.3, -0.25) is 9.59 Å². The van der Waals surface area contributed by atoms with Gasteiger partial charge < -0.3 is 15.6 Å². The Labute approximate surface area is 211 Å². The molecule has 0 aliphatic heterocycles. The number of H-pyrrole nitrogens is 1.